The van der Waals surface area contributed by atoms with Crippen LogP contribution in [0.4, 0.5) is 5.69 Å². The zero-order chi connectivity index (χ0) is 14.3. The Morgan fingerprint density at radius 2 is 1.89 bits per heavy atom. The average molecular weight is 259 g/mol. The molecule has 0 saturated heterocycles. The number of aryl methyl sites for hydroxylation is 1. The summed E-state index contributed by atoms with van der Waals surface area (Å²) in [7, 11) is 0. The van der Waals surface area contributed by atoms with Crippen molar-refractivity contribution >= 4 is 5.69 Å². The van der Waals surface area contributed by atoms with Crippen LogP contribution >= 0.6 is 0 Å². The topological polar surface area (TPSA) is 39.1 Å². The second kappa shape index (κ2) is 7.16. The fraction of sp³-hybridized carbons (Fsp3) is 0.562. The van der Waals surface area contributed by atoms with Crippen molar-refractivity contribution in [3.63, 3.8) is 0 Å². The normalized spacial score (nSPS) is 13.6. The highest BCUT2D eigenvalue weighted by Crippen LogP contribution is 2.17. The van der Waals surface area contributed by atoms with Crippen LogP contribution in [0.2, 0.25) is 0 Å². The molecule has 1 aromatic rings. The van der Waals surface area contributed by atoms with Crippen LogP contribution in [0.1, 0.15) is 32.8 Å². The third-order valence-corrected chi connectivity index (χ3v) is 3.48. The van der Waals surface area contributed by atoms with Gasteiger partial charge in [0.25, 0.3) is 0 Å². The smallest absolute Gasteiger partial charge is 0.105 e. The van der Waals surface area contributed by atoms with Gasteiger partial charge in [-0.15, -0.1) is 0 Å². The van der Waals surface area contributed by atoms with Crippen LogP contribution in [0.3, 0.4) is 0 Å². The van der Waals surface area contributed by atoms with Crippen molar-refractivity contribution in [3.05, 3.63) is 29.8 Å². The van der Waals surface area contributed by atoms with E-state index in [1.807, 2.05) is 13.8 Å². The van der Waals surface area contributed by atoms with E-state index < -0.39 is 5.54 Å². The fourth-order valence-electron chi connectivity index (χ4n) is 2.16. The number of nitrogens with zero attached hydrogens (tertiary/aromatic N) is 2. The maximum atomic E-state index is 9.28. The van der Waals surface area contributed by atoms with E-state index in [0.29, 0.717) is 0 Å². The quantitative estimate of drug-likeness (QED) is 0.818. The van der Waals surface area contributed by atoms with Gasteiger partial charge in [-0.2, -0.15) is 5.26 Å². The van der Waals surface area contributed by atoms with Crippen LogP contribution in [0, 0.1) is 18.3 Å². The molecule has 19 heavy (non-hydrogen) atoms. The molecule has 1 rings (SSSR count). The molecule has 0 saturated carbocycles. The van der Waals surface area contributed by atoms with E-state index in [0.717, 1.165) is 26.1 Å². The third kappa shape index (κ3) is 4.57. The second-order valence-corrected chi connectivity index (χ2v) is 5.14. The molecule has 0 bridgehead atoms. The molecule has 1 aromatic carbocycles. The molecule has 1 unspecified atom stereocenters. The van der Waals surface area contributed by atoms with Gasteiger partial charge < -0.3 is 4.90 Å². The Labute approximate surface area is 117 Å². The molecule has 1 N–H and O–H groups in total. The summed E-state index contributed by atoms with van der Waals surface area (Å²) in [6, 6.07) is 10.9. The Balaban J connectivity index is 2.68. The molecule has 1 atom stereocenters. The molecule has 0 aliphatic heterocycles. The first-order chi connectivity index (χ1) is 9.04. The first-order valence-electron chi connectivity index (χ1n) is 7.02. The molecule has 0 aromatic heterocycles. The standard InChI is InChI=1S/C16H25N3/c1-5-18-16(4,13-17)11-12-19(6-2)15-9-7-14(3)8-10-15/h7-10,18H,5-6,11-12H2,1-4H3. The highest BCUT2D eigenvalue weighted by Gasteiger charge is 2.22. The number of hydrogen-bond donors (Lipinski definition) is 1. The molecule has 0 aliphatic rings. The van der Waals surface area contributed by atoms with Gasteiger partial charge in [0, 0.05) is 18.8 Å². The Morgan fingerprint density at radius 1 is 1.26 bits per heavy atom. The molecule has 0 radical (unpaired) electrons. The summed E-state index contributed by atoms with van der Waals surface area (Å²) in [6.45, 7) is 10.9. The van der Waals surface area contributed by atoms with E-state index in [9.17, 15) is 5.26 Å². The van der Waals surface area contributed by atoms with Gasteiger partial charge in [0.1, 0.15) is 5.54 Å². The summed E-state index contributed by atoms with van der Waals surface area (Å²) in [4.78, 5) is 2.31. The van der Waals surface area contributed by atoms with Crippen LogP contribution in [0.25, 0.3) is 0 Å². The lowest BCUT2D eigenvalue weighted by molar-refractivity contribution is 0.429. The van der Waals surface area contributed by atoms with E-state index in [-0.39, 0.29) is 0 Å². The van der Waals surface area contributed by atoms with Crippen molar-refractivity contribution in [1.29, 1.82) is 5.26 Å². The first-order valence-corrected chi connectivity index (χ1v) is 7.02. The van der Waals surface area contributed by atoms with E-state index in [2.05, 4.69) is 54.4 Å². The Morgan fingerprint density at radius 3 is 2.37 bits per heavy atom. The van der Waals surface area contributed by atoms with Crippen molar-refractivity contribution in [2.45, 2.75) is 39.7 Å². The van der Waals surface area contributed by atoms with Gasteiger partial charge in [0.2, 0.25) is 0 Å². The van der Waals surface area contributed by atoms with Crippen molar-refractivity contribution in [1.82, 2.24) is 5.32 Å². The Kier molecular flexibility index (Phi) is 5.85. The maximum absolute atomic E-state index is 9.28. The van der Waals surface area contributed by atoms with Crippen molar-refractivity contribution in [2.75, 3.05) is 24.5 Å². The molecule has 0 heterocycles. The molecule has 0 spiro atoms. The van der Waals surface area contributed by atoms with Crippen LogP contribution in [0.5, 0.6) is 0 Å². The lowest BCUT2D eigenvalue weighted by Crippen LogP contribution is -2.43. The molecular formula is C16H25N3. The van der Waals surface area contributed by atoms with Gasteiger partial charge in [-0.05, 0) is 45.9 Å². The summed E-state index contributed by atoms with van der Waals surface area (Å²) in [6.07, 6.45) is 0.819. The first kappa shape index (κ1) is 15.5. The van der Waals surface area contributed by atoms with Gasteiger partial charge in [0.15, 0.2) is 0 Å². The van der Waals surface area contributed by atoms with Gasteiger partial charge in [-0.1, -0.05) is 24.6 Å². The minimum Gasteiger partial charge on any atom is -0.372 e. The lowest BCUT2D eigenvalue weighted by atomic mass is 9.99. The largest absolute Gasteiger partial charge is 0.372 e. The van der Waals surface area contributed by atoms with Crippen LogP contribution < -0.4 is 10.2 Å². The highest BCUT2D eigenvalue weighted by atomic mass is 15.1. The van der Waals surface area contributed by atoms with E-state index in [1.54, 1.807) is 0 Å². The Hall–Kier alpha value is -1.53. The predicted molar refractivity (Wildman–Crippen MR) is 81.4 cm³/mol. The highest BCUT2D eigenvalue weighted by molar-refractivity contribution is 5.47. The summed E-state index contributed by atoms with van der Waals surface area (Å²) in [5.41, 5.74) is 2.06. The zero-order valence-electron chi connectivity index (χ0n) is 12.5. The monoisotopic (exact) mass is 259 g/mol. The van der Waals surface area contributed by atoms with Gasteiger partial charge in [-0.3, -0.25) is 5.32 Å². The number of nitriles is 1. The minimum atomic E-state index is -0.438. The number of anilines is 1. The predicted octanol–water partition coefficient (Wildman–Crippen LogP) is 3.10. The van der Waals surface area contributed by atoms with Gasteiger partial charge in [0.05, 0.1) is 6.07 Å². The summed E-state index contributed by atoms with van der Waals surface area (Å²) < 4.78 is 0. The third-order valence-electron chi connectivity index (χ3n) is 3.48. The van der Waals surface area contributed by atoms with Crippen LogP contribution in [0.15, 0.2) is 24.3 Å². The minimum absolute atomic E-state index is 0.438. The molecule has 104 valence electrons. The number of rotatable bonds is 7. The molecule has 0 amide bonds. The molecule has 0 aliphatic carbocycles. The van der Waals surface area contributed by atoms with Crippen molar-refractivity contribution in [3.8, 4) is 6.07 Å². The van der Waals surface area contributed by atoms with Crippen LogP contribution in [-0.4, -0.2) is 25.2 Å². The van der Waals surface area contributed by atoms with Crippen molar-refractivity contribution < 1.29 is 0 Å². The summed E-state index contributed by atoms with van der Waals surface area (Å²) >= 11 is 0. The number of benzene rings is 1. The lowest BCUT2D eigenvalue weighted by Gasteiger charge is -2.29. The van der Waals surface area contributed by atoms with Gasteiger partial charge in [-0.25, -0.2) is 0 Å². The Bertz CT molecular complexity index is 419. The maximum Gasteiger partial charge on any atom is 0.105 e. The second-order valence-electron chi connectivity index (χ2n) is 5.14. The van der Waals surface area contributed by atoms with E-state index in [1.165, 1.54) is 11.3 Å². The van der Waals surface area contributed by atoms with Crippen LogP contribution in [-0.2, 0) is 0 Å². The summed E-state index contributed by atoms with van der Waals surface area (Å²) in [5, 5.41) is 12.5. The number of nitrogens with one attached hydrogen (secondary N) is 1. The van der Waals surface area contributed by atoms with E-state index in [4.69, 9.17) is 0 Å². The average Bonchev–Trinajstić information content (AvgIpc) is 2.41. The molecule has 3 nitrogen and oxygen atoms in total. The fourth-order valence-corrected chi connectivity index (χ4v) is 2.16. The zero-order valence-corrected chi connectivity index (χ0v) is 12.5. The van der Waals surface area contributed by atoms with Gasteiger partial charge >= 0.3 is 0 Å². The molecule has 0 fully saturated rings. The summed E-state index contributed by atoms with van der Waals surface area (Å²) in [5.74, 6) is 0. The number of hydrogen-bond acceptors (Lipinski definition) is 3. The molecular weight excluding hydrogens is 234 g/mol. The van der Waals surface area contributed by atoms with E-state index >= 15 is 0 Å². The SMILES string of the molecule is CCNC(C)(C#N)CCN(CC)c1ccc(C)cc1. The molecule has 3 heteroatoms. The van der Waals surface area contributed by atoms with Crippen molar-refractivity contribution in [2.24, 2.45) is 0 Å².